The Labute approximate surface area is 126 Å². The van der Waals surface area contributed by atoms with Gasteiger partial charge in [0.2, 0.25) is 0 Å². The van der Waals surface area contributed by atoms with Crippen LogP contribution in [0.1, 0.15) is 5.56 Å². The van der Waals surface area contributed by atoms with Crippen LogP contribution in [0.15, 0.2) is 29.4 Å². The Morgan fingerprint density at radius 2 is 2.10 bits per heavy atom. The second-order valence-electron chi connectivity index (χ2n) is 3.89. The summed E-state index contributed by atoms with van der Waals surface area (Å²) < 4.78 is 5.27. The third-order valence-corrected chi connectivity index (χ3v) is 3.20. The lowest BCUT2D eigenvalue weighted by Crippen LogP contribution is -2.10. The molecule has 0 radical (unpaired) electrons. The van der Waals surface area contributed by atoms with E-state index in [4.69, 9.17) is 10.6 Å². The Morgan fingerprint density at radius 3 is 2.71 bits per heavy atom. The Balaban J connectivity index is 2.45. The lowest BCUT2D eigenvalue weighted by atomic mass is 10.2. The van der Waals surface area contributed by atoms with Crippen LogP contribution >= 0.6 is 11.8 Å². The molecule has 0 saturated heterocycles. The maximum atomic E-state index is 9.20. The molecule has 8 heteroatoms. The second-order valence-corrected chi connectivity index (χ2v) is 4.66. The molecule has 0 atom stereocenters. The quantitative estimate of drug-likeness (QED) is 0.333. The zero-order chi connectivity index (χ0) is 15.2. The molecular weight excluding hydrogens is 288 g/mol. The summed E-state index contributed by atoms with van der Waals surface area (Å²) in [5.41, 5.74) is 3.50. The number of hydrazine groups is 1. The van der Waals surface area contributed by atoms with Crippen LogP contribution in [0.3, 0.4) is 0 Å². The molecule has 0 aliphatic heterocycles. The standard InChI is InChI=1S/C13H14N6OS/c1-20-9-5-3-4-8(7-14)12(9)16-10-6-11(19-15)18-13(17-10)21-2/h3-6H,15H2,1-2H3,(H2,16,17,18,19). The molecule has 4 N–H and O–H groups in total. The van der Waals surface area contributed by atoms with Crippen molar-refractivity contribution in [3.63, 3.8) is 0 Å². The van der Waals surface area contributed by atoms with Crippen molar-refractivity contribution in [3.05, 3.63) is 29.8 Å². The van der Waals surface area contributed by atoms with Crippen LogP contribution in [0.4, 0.5) is 17.3 Å². The molecule has 108 valence electrons. The number of hydrogen-bond donors (Lipinski definition) is 3. The molecule has 0 spiro atoms. The summed E-state index contributed by atoms with van der Waals surface area (Å²) in [6, 6.07) is 8.98. The van der Waals surface area contributed by atoms with E-state index in [1.165, 1.54) is 11.8 Å². The molecule has 0 bridgehead atoms. The molecule has 1 aromatic carbocycles. The number of thioether (sulfide) groups is 1. The molecule has 0 aliphatic rings. The number of benzene rings is 1. The van der Waals surface area contributed by atoms with E-state index in [-0.39, 0.29) is 0 Å². The van der Waals surface area contributed by atoms with Crippen LogP contribution in [-0.4, -0.2) is 23.3 Å². The third kappa shape index (κ3) is 3.34. The van der Waals surface area contributed by atoms with E-state index in [9.17, 15) is 5.26 Å². The predicted molar refractivity (Wildman–Crippen MR) is 82.6 cm³/mol. The summed E-state index contributed by atoms with van der Waals surface area (Å²) in [7, 11) is 1.54. The Morgan fingerprint density at radius 1 is 1.33 bits per heavy atom. The fourth-order valence-corrected chi connectivity index (χ4v) is 2.09. The van der Waals surface area contributed by atoms with Crippen LogP contribution in [-0.2, 0) is 0 Å². The largest absolute Gasteiger partial charge is 0.495 e. The van der Waals surface area contributed by atoms with Gasteiger partial charge >= 0.3 is 0 Å². The van der Waals surface area contributed by atoms with Gasteiger partial charge in [0.05, 0.1) is 12.7 Å². The molecule has 1 aromatic heterocycles. The van der Waals surface area contributed by atoms with Crippen molar-refractivity contribution in [2.45, 2.75) is 5.16 Å². The molecule has 0 saturated carbocycles. The summed E-state index contributed by atoms with van der Waals surface area (Å²) in [6.45, 7) is 0. The van der Waals surface area contributed by atoms with Crippen LogP contribution in [0.2, 0.25) is 0 Å². The minimum atomic E-state index is 0.459. The summed E-state index contributed by atoms with van der Waals surface area (Å²) in [6.07, 6.45) is 1.86. The van der Waals surface area contributed by atoms with Crippen molar-refractivity contribution in [1.29, 1.82) is 5.26 Å². The molecule has 0 fully saturated rings. The molecule has 2 aromatic rings. The average molecular weight is 302 g/mol. The zero-order valence-corrected chi connectivity index (χ0v) is 12.4. The van der Waals surface area contributed by atoms with E-state index in [2.05, 4.69) is 26.8 Å². The maximum absolute atomic E-state index is 9.20. The molecule has 0 unspecified atom stereocenters. The van der Waals surface area contributed by atoms with Crippen molar-refractivity contribution in [3.8, 4) is 11.8 Å². The number of rotatable bonds is 5. The number of nitrogen functional groups attached to an aromatic ring is 1. The number of nitrogens with two attached hydrogens (primary N) is 1. The smallest absolute Gasteiger partial charge is 0.191 e. The number of anilines is 3. The summed E-state index contributed by atoms with van der Waals surface area (Å²) in [5, 5.41) is 12.8. The van der Waals surface area contributed by atoms with Crippen LogP contribution in [0.25, 0.3) is 0 Å². The zero-order valence-electron chi connectivity index (χ0n) is 11.5. The lowest BCUT2D eigenvalue weighted by Gasteiger charge is -2.13. The topological polar surface area (TPSA) is 109 Å². The Kier molecular flexibility index (Phi) is 4.81. The SMILES string of the molecule is COc1cccc(C#N)c1Nc1cc(NN)nc(SC)n1. The van der Waals surface area contributed by atoms with Crippen molar-refractivity contribution < 1.29 is 4.74 Å². The van der Waals surface area contributed by atoms with Gasteiger partial charge in [-0.2, -0.15) is 5.26 Å². The number of nitrogens with one attached hydrogen (secondary N) is 2. The van der Waals surface area contributed by atoms with E-state index >= 15 is 0 Å². The monoisotopic (exact) mass is 302 g/mol. The molecule has 21 heavy (non-hydrogen) atoms. The molecule has 7 nitrogen and oxygen atoms in total. The number of aromatic nitrogens is 2. The van der Waals surface area contributed by atoms with Crippen molar-refractivity contribution in [1.82, 2.24) is 9.97 Å². The fraction of sp³-hybridized carbons (Fsp3) is 0.154. The van der Waals surface area contributed by atoms with E-state index in [1.54, 1.807) is 31.4 Å². The molecule has 0 amide bonds. The third-order valence-electron chi connectivity index (χ3n) is 2.66. The first-order valence-electron chi connectivity index (χ1n) is 5.95. The van der Waals surface area contributed by atoms with Gasteiger partial charge in [-0.1, -0.05) is 17.8 Å². The second kappa shape index (κ2) is 6.78. The van der Waals surface area contributed by atoms with Gasteiger partial charge in [-0.15, -0.1) is 0 Å². The highest BCUT2D eigenvalue weighted by molar-refractivity contribution is 7.98. The number of nitriles is 1. The van der Waals surface area contributed by atoms with Crippen LogP contribution in [0.5, 0.6) is 5.75 Å². The summed E-state index contributed by atoms with van der Waals surface area (Å²) in [5.74, 6) is 6.94. The lowest BCUT2D eigenvalue weighted by molar-refractivity contribution is 0.416. The number of ether oxygens (including phenoxy) is 1. The van der Waals surface area contributed by atoms with E-state index in [0.717, 1.165) is 0 Å². The fourth-order valence-electron chi connectivity index (χ4n) is 1.71. The van der Waals surface area contributed by atoms with Gasteiger partial charge in [0.15, 0.2) is 5.16 Å². The summed E-state index contributed by atoms with van der Waals surface area (Å²) in [4.78, 5) is 8.50. The van der Waals surface area contributed by atoms with Crippen LogP contribution in [0, 0.1) is 11.3 Å². The van der Waals surface area contributed by atoms with Gasteiger partial charge in [0.1, 0.15) is 29.1 Å². The van der Waals surface area contributed by atoms with Gasteiger partial charge in [0.25, 0.3) is 0 Å². The average Bonchev–Trinajstić information content (AvgIpc) is 2.54. The van der Waals surface area contributed by atoms with Crippen molar-refractivity contribution in [2.24, 2.45) is 5.84 Å². The maximum Gasteiger partial charge on any atom is 0.191 e. The molecule has 2 rings (SSSR count). The number of hydrogen-bond acceptors (Lipinski definition) is 8. The highest BCUT2D eigenvalue weighted by Crippen LogP contribution is 2.31. The first-order valence-corrected chi connectivity index (χ1v) is 7.18. The minimum absolute atomic E-state index is 0.459. The van der Waals surface area contributed by atoms with Gasteiger partial charge in [-0.25, -0.2) is 15.8 Å². The van der Waals surface area contributed by atoms with E-state index in [1.807, 2.05) is 6.26 Å². The normalized spacial score (nSPS) is 9.81. The van der Waals surface area contributed by atoms with Gasteiger partial charge in [-0.05, 0) is 18.4 Å². The first kappa shape index (κ1) is 14.9. The van der Waals surface area contributed by atoms with E-state index < -0.39 is 0 Å². The molecule has 0 aliphatic carbocycles. The Hall–Kier alpha value is -2.50. The summed E-state index contributed by atoms with van der Waals surface area (Å²) >= 11 is 1.39. The highest BCUT2D eigenvalue weighted by atomic mass is 32.2. The Bertz CT molecular complexity index is 663. The van der Waals surface area contributed by atoms with Crippen LogP contribution < -0.4 is 21.3 Å². The van der Waals surface area contributed by atoms with Gasteiger partial charge in [0, 0.05) is 6.07 Å². The minimum Gasteiger partial charge on any atom is -0.495 e. The molecular formula is C13H14N6OS. The predicted octanol–water partition coefficient (Wildman–Crippen LogP) is 2.11. The first-order chi connectivity index (χ1) is 10.2. The number of para-hydroxylation sites is 1. The van der Waals surface area contributed by atoms with E-state index in [0.29, 0.717) is 33.8 Å². The molecule has 1 heterocycles. The highest BCUT2D eigenvalue weighted by Gasteiger charge is 2.11. The van der Waals surface area contributed by atoms with Gasteiger partial charge in [-0.3, -0.25) is 0 Å². The number of methoxy groups -OCH3 is 1. The van der Waals surface area contributed by atoms with Crippen molar-refractivity contribution >= 4 is 29.1 Å². The number of nitrogens with zero attached hydrogens (tertiary/aromatic N) is 3. The van der Waals surface area contributed by atoms with Gasteiger partial charge < -0.3 is 15.5 Å². The van der Waals surface area contributed by atoms with Crippen molar-refractivity contribution in [2.75, 3.05) is 24.1 Å².